The first-order chi connectivity index (χ1) is 28.0. The zero-order valence-electron chi connectivity index (χ0n) is 41.1. The van der Waals surface area contributed by atoms with Crippen molar-refractivity contribution in [2.75, 3.05) is 9.80 Å². The van der Waals surface area contributed by atoms with Crippen LogP contribution in [0.15, 0.2) is 78.9 Å². The van der Waals surface area contributed by atoms with Gasteiger partial charge in [0.1, 0.15) is 0 Å². The molecule has 0 atom stereocenters. The van der Waals surface area contributed by atoms with Crippen LogP contribution in [0.1, 0.15) is 165 Å². The van der Waals surface area contributed by atoms with Crippen molar-refractivity contribution < 1.29 is 4.11 Å². The maximum atomic E-state index is 9.05. The van der Waals surface area contributed by atoms with Gasteiger partial charge in [0.2, 0.25) is 0 Å². The van der Waals surface area contributed by atoms with E-state index < -0.39 is 6.85 Å². The molecule has 0 saturated heterocycles. The van der Waals surface area contributed by atoms with Crippen molar-refractivity contribution >= 4 is 57.2 Å². The van der Waals surface area contributed by atoms with Crippen LogP contribution in [0.25, 0.3) is 0 Å². The first-order valence-corrected chi connectivity index (χ1v) is 21.9. The zero-order chi connectivity index (χ0) is 44.4. The molecule has 5 aromatic rings. The minimum Gasteiger partial charge on any atom is -0.311 e. The number of aryl methyl sites for hydroxylation is 2. The lowest BCUT2D eigenvalue weighted by Crippen LogP contribution is -2.62. The van der Waals surface area contributed by atoms with E-state index in [0.717, 1.165) is 47.7 Å². The number of hydrogen-bond acceptors (Lipinski definition) is 2. The van der Waals surface area contributed by atoms with E-state index >= 15 is 0 Å². The van der Waals surface area contributed by atoms with Crippen LogP contribution >= 0.6 is 0 Å². The van der Waals surface area contributed by atoms with Gasteiger partial charge in [-0.3, -0.25) is 0 Å². The van der Waals surface area contributed by atoms with Gasteiger partial charge < -0.3 is 9.80 Å². The molecule has 0 radical (unpaired) electrons. The summed E-state index contributed by atoms with van der Waals surface area (Å²) in [5.74, 6) is 0. The third-order valence-electron chi connectivity index (χ3n) is 14.8. The predicted molar refractivity (Wildman–Crippen MR) is 253 cm³/mol. The molecule has 0 aromatic heterocycles. The summed E-state index contributed by atoms with van der Waals surface area (Å²) in [7, 11) is 0. The van der Waals surface area contributed by atoms with E-state index in [9.17, 15) is 0 Å². The third-order valence-corrected chi connectivity index (χ3v) is 14.8. The second-order valence-corrected chi connectivity index (χ2v) is 23.2. The average Bonchev–Trinajstić information content (AvgIpc) is 3.32. The van der Waals surface area contributed by atoms with Crippen molar-refractivity contribution in [1.29, 1.82) is 0 Å². The Hall–Kier alpha value is -4.24. The van der Waals surface area contributed by atoms with Gasteiger partial charge in [-0.25, -0.2) is 0 Å². The second-order valence-electron chi connectivity index (χ2n) is 23.2. The van der Waals surface area contributed by atoms with Gasteiger partial charge in [0.05, 0.1) is 0 Å². The molecule has 5 aromatic carbocycles. The summed E-state index contributed by atoms with van der Waals surface area (Å²) in [6.07, 6.45) is 3.32. The molecule has 300 valence electrons. The monoisotopic (exact) mass is 770 g/mol. The van der Waals surface area contributed by atoms with E-state index in [0.29, 0.717) is 5.56 Å². The Morgan fingerprint density at radius 1 is 0.534 bits per heavy atom. The van der Waals surface area contributed by atoms with Gasteiger partial charge in [0.15, 0.2) is 0 Å². The van der Waals surface area contributed by atoms with Crippen molar-refractivity contribution in [1.82, 2.24) is 0 Å². The smallest absolute Gasteiger partial charge is 0.252 e. The predicted octanol–water partition coefficient (Wildman–Crippen LogP) is 13.3. The molecule has 0 bridgehead atoms. The highest BCUT2D eigenvalue weighted by Crippen LogP contribution is 2.54. The van der Waals surface area contributed by atoms with Gasteiger partial charge in [0.25, 0.3) is 6.71 Å². The fourth-order valence-electron chi connectivity index (χ4n) is 11.5. The van der Waals surface area contributed by atoms with Gasteiger partial charge >= 0.3 is 0 Å². The average molecular weight is 770 g/mol. The molecule has 0 fully saturated rings. The molecule has 2 aliphatic carbocycles. The Labute approximate surface area is 355 Å². The van der Waals surface area contributed by atoms with Crippen molar-refractivity contribution in [3.05, 3.63) is 123 Å². The molecule has 0 unspecified atom stereocenters. The normalized spacial score (nSPS) is 20.3. The zero-order valence-corrected chi connectivity index (χ0v) is 38.1. The second kappa shape index (κ2) is 12.2. The molecular formula is C55H67BN2. The van der Waals surface area contributed by atoms with Crippen LogP contribution in [0.4, 0.5) is 34.1 Å². The van der Waals surface area contributed by atoms with Crippen molar-refractivity contribution in [3.63, 3.8) is 0 Å². The minimum absolute atomic E-state index is 0.00501. The van der Waals surface area contributed by atoms with E-state index in [1.807, 2.05) is 12.1 Å². The van der Waals surface area contributed by atoms with E-state index in [1.54, 1.807) is 0 Å². The summed E-state index contributed by atoms with van der Waals surface area (Å²) < 4.78 is 27.1. The number of benzene rings is 5. The van der Waals surface area contributed by atoms with Crippen molar-refractivity contribution in [2.24, 2.45) is 0 Å². The van der Waals surface area contributed by atoms with Crippen LogP contribution in [-0.4, -0.2) is 6.71 Å². The SMILES string of the molecule is [2H]C([2H])([2H])c1cc2c3c(c1)N(c1cc4c(cc1C)C(C)(C)CC4(C)C)c1cc4c(cc1B3c1ccc(C(C)(C)C)cc1N2c1cccc(C(C)(C)C)c1)C(C)(C)CCC4(C)C. The summed E-state index contributed by atoms with van der Waals surface area (Å²) in [6.45, 7) is 32.7. The van der Waals surface area contributed by atoms with Gasteiger partial charge in [-0.1, -0.05) is 133 Å². The molecule has 0 amide bonds. The summed E-state index contributed by atoms with van der Waals surface area (Å²) in [5.41, 5.74) is 19.7. The molecule has 4 aliphatic rings. The molecule has 3 heteroatoms. The number of hydrogen-bond donors (Lipinski definition) is 0. The first kappa shape index (κ1) is 35.7. The standard InChI is InChI=1S/C55H67BN2/c1-33-24-47-49-48(25-33)58(44-30-41-38(26-34(44)2)54(13,14)32-55(41,15)16)46-31-40-39(52(9,10)22-23-53(40,11)12)29-43(46)56(49)42-21-20-36(51(6,7)8)28-45(42)57(47)37-19-17-18-35(27-37)50(3,4)5/h17-21,24-31H,22-23,32H2,1-16H3/i1D3. The fraction of sp³-hybridized carbons (Fsp3) is 0.455. The van der Waals surface area contributed by atoms with Gasteiger partial charge in [-0.2, -0.15) is 0 Å². The van der Waals surface area contributed by atoms with Crippen LogP contribution < -0.4 is 26.2 Å². The quantitative estimate of drug-likeness (QED) is 0.162. The van der Waals surface area contributed by atoms with Crippen LogP contribution in [0, 0.1) is 13.8 Å². The lowest BCUT2D eigenvalue weighted by Gasteiger charge is -2.48. The number of fused-ring (bicyclic) bond motifs is 6. The maximum absolute atomic E-state index is 9.05. The topological polar surface area (TPSA) is 6.48 Å². The Balaban J connectivity index is 1.46. The molecule has 2 nitrogen and oxygen atoms in total. The van der Waals surface area contributed by atoms with Crippen LogP contribution in [0.3, 0.4) is 0 Å². The largest absolute Gasteiger partial charge is 0.311 e. The maximum Gasteiger partial charge on any atom is 0.252 e. The minimum atomic E-state index is -2.33. The van der Waals surface area contributed by atoms with E-state index in [2.05, 4.69) is 180 Å². The summed E-state index contributed by atoms with van der Waals surface area (Å²) >= 11 is 0. The van der Waals surface area contributed by atoms with Crippen molar-refractivity contribution in [2.45, 2.75) is 162 Å². The Morgan fingerprint density at radius 3 is 1.69 bits per heavy atom. The van der Waals surface area contributed by atoms with Gasteiger partial charge in [0, 0.05) is 38.2 Å². The molecule has 0 spiro atoms. The highest BCUT2D eigenvalue weighted by atomic mass is 15.2. The van der Waals surface area contributed by atoms with Gasteiger partial charge in [-0.15, -0.1) is 0 Å². The van der Waals surface area contributed by atoms with Crippen LogP contribution in [0.2, 0.25) is 0 Å². The number of anilines is 6. The van der Waals surface area contributed by atoms with E-state index in [-0.39, 0.29) is 39.2 Å². The molecule has 0 N–H and O–H groups in total. The third kappa shape index (κ3) is 5.79. The highest BCUT2D eigenvalue weighted by molar-refractivity contribution is 7.00. The lowest BCUT2D eigenvalue weighted by molar-refractivity contribution is 0.332. The number of nitrogens with zero attached hydrogens (tertiary/aromatic N) is 2. The van der Waals surface area contributed by atoms with Gasteiger partial charge in [-0.05, 0) is 169 Å². The Bertz CT molecular complexity index is 2660. The van der Waals surface area contributed by atoms with Crippen molar-refractivity contribution in [3.8, 4) is 0 Å². The first-order valence-electron chi connectivity index (χ1n) is 23.4. The Kier molecular flexibility index (Phi) is 7.49. The van der Waals surface area contributed by atoms with E-state index in [4.69, 9.17) is 4.11 Å². The molecule has 2 heterocycles. The van der Waals surface area contributed by atoms with E-state index in [1.165, 1.54) is 61.0 Å². The fourth-order valence-corrected chi connectivity index (χ4v) is 11.5. The summed E-state index contributed by atoms with van der Waals surface area (Å²) in [6, 6.07) is 30.1. The highest BCUT2D eigenvalue weighted by Gasteiger charge is 2.48. The Morgan fingerprint density at radius 2 is 1.07 bits per heavy atom. The molecular weight excluding hydrogens is 699 g/mol. The molecule has 9 rings (SSSR count). The molecule has 2 aliphatic heterocycles. The number of rotatable bonds is 2. The lowest BCUT2D eigenvalue weighted by atomic mass is 9.33. The molecule has 58 heavy (non-hydrogen) atoms. The van der Waals surface area contributed by atoms with Crippen LogP contribution in [-0.2, 0) is 32.5 Å². The van der Waals surface area contributed by atoms with Crippen LogP contribution in [0.5, 0.6) is 0 Å². The summed E-state index contributed by atoms with van der Waals surface area (Å²) in [5, 5.41) is 0. The molecule has 0 saturated carbocycles. The summed E-state index contributed by atoms with van der Waals surface area (Å²) in [4.78, 5) is 4.90.